The third-order valence-corrected chi connectivity index (χ3v) is 7.38. The van der Waals surface area contributed by atoms with Gasteiger partial charge in [-0.05, 0) is 48.2 Å². The number of carbonyl (C=O) groups excluding carboxylic acids is 2. The maximum absolute atomic E-state index is 13.1. The van der Waals surface area contributed by atoms with Gasteiger partial charge in [-0.15, -0.1) is 0 Å². The summed E-state index contributed by atoms with van der Waals surface area (Å²) in [4.78, 5) is 26.4. The highest BCUT2D eigenvalue weighted by Gasteiger charge is 2.31. The van der Waals surface area contributed by atoms with Gasteiger partial charge in [0.05, 0.1) is 11.4 Å². The molecule has 0 saturated heterocycles. The Balaban J connectivity index is 1.41. The average Bonchev–Trinajstić information content (AvgIpc) is 3.24. The molecule has 0 radical (unpaired) electrons. The number of sulfonamides is 1. The van der Waals surface area contributed by atoms with E-state index >= 15 is 0 Å². The molecule has 0 aliphatic carbocycles. The third-order valence-electron chi connectivity index (χ3n) is 5.94. The van der Waals surface area contributed by atoms with Crippen LogP contribution in [0.3, 0.4) is 0 Å². The molecular weight excluding hydrogens is 458 g/mol. The molecule has 0 fully saturated rings. The molecule has 4 rings (SSSR count). The number of amides is 2. The van der Waals surface area contributed by atoms with Crippen molar-refractivity contribution in [1.29, 1.82) is 0 Å². The number of carbonyl (C=O) groups is 2. The molecular formula is C24H29N3O6S. The zero-order chi connectivity index (χ0) is 24.5. The summed E-state index contributed by atoms with van der Waals surface area (Å²) in [6, 6.07) is 11.0. The first-order chi connectivity index (χ1) is 16.2. The summed E-state index contributed by atoms with van der Waals surface area (Å²) in [6.07, 6.45) is 0.197. The van der Waals surface area contributed by atoms with Gasteiger partial charge in [0.1, 0.15) is 18.8 Å². The van der Waals surface area contributed by atoms with E-state index in [-0.39, 0.29) is 36.0 Å². The third kappa shape index (κ3) is 5.02. The van der Waals surface area contributed by atoms with Gasteiger partial charge >= 0.3 is 0 Å². The predicted octanol–water partition coefficient (Wildman–Crippen LogP) is 1.85. The molecule has 2 amide bonds. The van der Waals surface area contributed by atoms with E-state index in [9.17, 15) is 18.0 Å². The van der Waals surface area contributed by atoms with Gasteiger partial charge in [0.15, 0.2) is 11.5 Å². The fraction of sp³-hybridized carbons (Fsp3) is 0.417. The molecule has 34 heavy (non-hydrogen) atoms. The van der Waals surface area contributed by atoms with Crippen molar-refractivity contribution in [2.75, 3.05) is 24.6 Å². The highest BCUT2D eigenvalue weighted by Crippen LogP contribution is 2.31. The summed E-state index contributed by atoms with van der Waals surface area (Å²) >= 11 is 0. The molecule has 2 aromatic carbocycles. The normalized spacial score (nSPS) is 17.9. The smallest absolute Gasteiger partial charge is 0.241 e. The summed E-state index contributed by atoms with van der Waals surface area (Å²) in [7, 11) is -3.96. The van der Waals surface area contributed by atoms with E-state index in [1.807, 2.05) is 18.2 Å². The van der Waals surface area contributed by atoms with Gasteiger partial charge < -0.3 is 19.7 Å². The molecule has 0 bridgehead atoms. The summed E-state index contributed by atoms with van der Waals surface area (Å²) in [5.41, 5.74) is 1.51. The molecule has 0 unspecified atom stereocenters. The van der Waals surface area contributed by atoms with E-state index in [0.29, 0.717) is 24.5 Å². The Labute approximate surface area is 199 Å². The lowest BCUT2D eigenvalue weighted by Gasteiger charge is -2.28. The van der Waals surface area contributed by atoms with Gasteiger partial charge in [-0.2, -0.15) is 4.72 Å². The van der Waals surface area contributed by atoms with E-state index in [2.05, 4.69) is 10.0 Å². The average molecular weight is 488 g/mol. The number of ether oxygens (including phenoxy) is 2. The lowest BCUT2D eigenvalue weighted by Crippen LogP contribution is -2.52. The quantitative estimate of drug-likeness (QED) is 0.616. The number of fused-ring (bicyclic) bond motifs is 2. The van der Waals surface area contributed by atoms with Crippen molar-refractivity contribution < 1.29 is 27.5 Å². The van der Waals surface area contributed by atoms with Gasteiger partial charge in [-0.25, -0.2) is 8.42 Å². The SMILES string of the molecule is CC(=O)N1CCc2cc(S(=O)(=O)N[C@H](C(=O)NC[C@@H]3COc4ccccc4O3)C(C)C)ccc21. The number of anilines is 1. The van der Waals surface area contributed by atoms with Gasteiger partial charge in [-0.1, -0.05) is 26.0 Å². The van der Waals surface area contributed by atoms with Crippen molar-refractivity contribution in [3.05, 3.63) is 48.0 Å². The van der Waals surface area contributed by atoms with Crippen LogP contribution in [0.15, 0.2) is 47.4 Å². The van der Waals surface area contributed by atoms with Crippen LogP contribution in [0.1, 0.15) is 26.3 Å². The molecule has 0 spiro atoms. The first kappa shape index (κ1) is 24.0. The van der Waals surface area contributed by atoms with Crippen LogP contribution in [0.5, 0.6) is 11.5 Å². The Hall–Kier alpha value is -3.11. The van der Waals surface area contributed by atoms with E-state index < -0.39 is 22.0 Å². The van der Waals surface area contributed by atoms with Crippen LogP contribution in [-0.2, 0) is 26.0 Å². The minimum atomic E-state index is -3.96. The summed E-state index contributed by atoms with van der Waals surface area (Å²) in [5.74, 6) is 0.444. The Bertz CT molecular complexity index is 1200. The molecule has 2 heterocycles. The first-order valence-electron chi connectivity index (χ1n) is 11.3. The fourth-order valence-corrected chi connectivity index (χ4v) is 5.48. The van der Waals surface area contributed by atoms with Crippen LogP contribution >= 0.6 is 0 Å². The standard InChI is InChI=1S/C24H29N3O6S/c1-15(2)23(24(29)25-13-18-14-32-21-6-4-5-7-22(21)33-18)26-34(30,31)19-8-9-20-17(12-19)10-11-27(20)16(3)28/h4-9,12,15,18,23,26H,10-11,13-14H2,1-3H3,(H,25,29)/t18-,23+/m1/s1. The van der Waals surface area contributed by atoms with Crippen LogP contribution in [0, 0.1) is 5.92 Å². The molecule has 182 valence electrons. The summed E-state index contributed by atoms with van der Waals surface area (Å²) in [5, 5.41) is 2.78. The number of hydrogen-bond donors (Lipinski definition) is 2. The topological polar surface area (TPSA) is 114 Å². The zero-order valence-corrected chi connectivity index (χ0v) is 20.2. The molecule has 2 aliphatic rings. The molecule has 2 atom stereocenters. The van der Waals surface area contributed by atoms with E-state index in [1.165, 1.54) is 13.0 Å². The van der Waals surface area contributed by atoms with Crippen LogP contribution in [0.2, 0.25) is 0 Å². The monoisotopic (exact) mass is 487 g/mol. The zero-order valence-electron chi connectivity index (χ0n) is 19.4. The van der Waals surface area contributed by atoms with Gasteiger partial charge in [-0.3, -0.25) is 9.59 Å². The van der Waals surface area contributed by atoms with Crippen LogP contribution in [0.4, 0.5) is 5.69 Å². The second-order valence-corrected chi connectivity index (χ2v) is 10.5. The van der Waals surface area contributed by atoms with Gasteiger partial charge in [0, 0.05) is 19.2 Å². The molecule has 2 N–H and O–H groups in total. The van der Waals surface area contributed by atoms with Crippen molar-refractivity contribution in [3.8, 4) is 11.5 Å². The summed E-state index contributed by atoms with van der Waals surface area (Å²) in [6.45, 7) is 6.01. The number of nitrogens with zero attached hydrogens (tertiary/aromatic N) is 1. The fourth-order valence-electron chi connectivity index (χ4n) is 4.09. The predicted molar refractivity (Wildman–Crippen MR) is 126 cm³/mol. The Morgan fingerprint density at radius 3 is 2.59 bits per heavy atom. The minimum absolute atomic E-state index is 0.0655. The Kier molecular flexibility index (Phi) is 6.81. The van der Waals surface area contributed by atoms with Crippen LogP contribution in [0.25, 0.3) is 0 Å². The van der Waals surface area contributed by atoms with Gasteiger partial charge in [0.25, 0.3) is 0 Å². The lowest BCUT2D eigenvalue weighted by atomic mass is 10.1. The minimum Gasteiger partial charge on any atom is -0.486 e. The molecule has 2 aliphatic heterocycles. The van der Waals surface area contributed by atoms with Crippen molar-refractivity contribution in [3.63, 3.8) is 0 Å². The second-order valence-electron chi connectivity index (χ2n) is 8.80. The largest absolute Gasteiger partial charge is 0.486 e. The molecule has 10 heteroatoms. The number of rotatable bonds is 7. The van der Waals surface area contributed by atoms with Crippen molar-refractivity contribution in [2.45, 2.75) is 44.2 Å². The number of hydrogen-bond acceptors (Lipinski definition) is 6. The van der Waals surface area contributed by atoms with Crippen molar-refractivity contribution in [1.82, 2.24) is 10.0 Å². The van der Waals surface area contributed by atoms with E-state index in [1.54, 1.807) is 36.9 Å². The van der Waals surface area contributed by atoms with Crippen LogP contribution in [-0.4, -0.2) is 52.1 Å². The molecule has 0 aromatic heterocycles. The Morgan fingerprint density at radius 2 is 1.88 bits per heavy atom. The first-order valence-corrected chi connectivity index (χ1v) is 12.7. The molecule has 0 saturated carbocycles. The maximum Gasteiger partial charge on any atom is 0.241 e. The van der Waals surface area contributed by atoms with Crippen molar-refractivity contribution >= 4 is 27.5 Å². The highest BCUT2D eigenvalue weighted by atomic mass is 32.2. The second kappa shape index (κ2) is 9.63. The number of benzene rings is 2. The van der Waals surface area contributed by atoms with E-state index in [0.717, 1.165) is 11.3 Å². The summed E-state index contributed by atoms with van der Waals surface area (Å²) < 4.78 is 40.2. The lowest BCUT2D eigenvalue weighted by molar-refractivity contribution is -0.124. The molecule has 2 aromatic rings. The number of para-hydroxylation sites is 2. The van der Waals surface area contributed by atoms with E-state index in [4.69, 9.17) is 9.47 Å². The number of nitrogens with one attached hydrogen (secondary N) is 2. The Morgan fingerprint density at radius 1 is 1.15 bits per heavy atom. The van der Waals surface area contributed by atoms with Crippen molar-refractivity contribution in [2.24, 2.45) is 5.92 Å². The maximum atomic E-state index is 13.1. The van der Waals surface area contributed by atoms with Gasteiger partial charge in [0.2, 0.25) is 21.8 Å². The highest BCUT2D eigenvalue weighted by molar-refractivity contribution is 7.89. The molecule has 9 nitrogen and oxygen atoms in total. The van der Waals surface area contributed by atoms with Crippen LogP contribution < -0.4 is 24.4 Å².